The van der Waals surface area contributed by atoms with E-state index in [0.29, 0.717) is 5.56 Å². The van der Waals surface area contributed by atoms with Gasteiger partial charge in [0.05, 0.1) is 17.7 Å². The van der Waals surface area contributed by atoms with Crippen LogP contribution in [0.4, 0.5) is 0 Å². The van der Waals surface area contributed by atoms with Crippen LogP contribution < -0.4 is 0 Å². The summed E-state index contributed by atoms with van der Waals surface area (Å²) in [4.78, 5) is 18.5. The fourth-order valence-corrected chi connectivity index (χ4v) is 2.88. The van der Waals surface area contributed by atoms with Gasteiger partial charge < -0.3 is 4.90 Å². The third-order valence-electron chi connectivity index (χ3n) is 4.06. The lowest BCUT2D eigenvalue weighted by atomic mass is 10.1. The van der Waals surface area contributed by atoms with Gasteiger partial charge in [0, 0.05) is 25.0 Å². The third-order valence-corrected chi connectivity index (χ3v) is 4.06. The summed E-state index contributed by atoms with van der Waals surface area (Å²) in [5.74, 6) is 0.0145. The van der Waals surface area contributed by atoms with E-state index in [-0.39, 0.29) is 11.9 Å². The molecule has 1 saturated heterocycles. The maximum atomic E-state index is 12.5. The van der Waals surface area contributed by atoms with E-state index in [2.05, 4.69) is 11.1 Å². The number of nitriles is 1. The second-order valence-electron chi connectivity index (χ2n) is 5.54. The largest absolute Gasteiger partial charge is 0.332 e. The molecule has 4 heteroatoms. The minimum atomic E-state index is 0.0145. The van der Waals surface area contributed by atoms with Crippen molar-refractivity contribution in [1.29, 1.82) is 5.26 Å². The zero-order valence-corrected chi connectivity index (χ0v) is 12.7. The Balaban J connectivity index is 1.71. The van der Waals surface area contributed by atoms with Gasteiger partial charge in [-0.25, -0.2) is 0 Å². The van der Waals surface area contributed by atoms with Crippen LogP contribution in [0.15, 0.2) is 54.9 Å². The topological polar surface area (TPSA) is 57.0 Å². The van der Waals surface area contributed by atoms with Crippen LogP contribution in [0.25, 0.3) is 6.08 Å². The summed E-state index contributed by atoms with van der Waals surface area (Å²) in [6, 6.07) is 13.3. The maximum absolute atomic E-state index is 12.5. The highest BCUT2D eigenvalue weighted by molar-refractivity contribution is 5.92. The number of hydrogen-bond acceptors (Lipinski definition) is 3. The number of pyridine rings is 1. The Kier molecular flexibility index (Phi) is 4.49. The van der Waals surface area contributed by atoms with Crippen LogP contribution in [-0.4, -0.2) is 22.3 Å². The Morgan fingerprint density at radius 2 is 2.13 bits per heavy atom. The van der Waals surface area contributed by atoms with E-state index in [4.69, 9.17) is 5.26 Å². The molecule has 114 valence electrons. The molecule has 1 aromatic carbocycles. The SMILES string of the molecule is N#Cc1ccc(/C=C/C(=O)N2CCCC2c2cccnc2)cc1. The second-order valence-corrected chi connectivity index (χ2v) is 5.54. The van der Waals surface area contributed by atoms with Crippen LogP contribution >= 0.6 is 0 Å². The van der Waals surface area contributed by atoms with Crippen molar-refractivity contribution in [2.45, 2.75) is 18.9 Å². The summed E-state index contributed by atoms with van der Waals surface area (Å²) in [5, 5.41) is 8.79. The highest BCUT2D eigenvalue weighted by atomic mass is 16.2. The number of amides is 1. The van der Waals surface area contributed by atoms with Gasteiger partial charge in [-0.15, -0.1) is 0 Å². The molecule has 1 aromatic heterocycles. The van der Waals surface area contributed by atoms with Crippen molar-refractivity contribution in [3.8, 4) is 6.07 Å². The Bertz CT molecular complexity index is 744. The molecule has 2 heterocycles. The lowest BCUT2D eigenvalue weighted by molar-refractivity contribution is -0.126. The summed E-state index contributed by atoms with van der Waals surface area (Å²) in [7, 11) is 0. The van der Waals surface area contributed by atoms with E-state index in [0.717, 1.165) is 30.5 Å². The molecule has 2 aromatic rings. The molecule has 1 atom stereocenters. The zero-order valence-electron chi connectivity index (χ0n) is 12.7. The molecular formula is C19H17N3O. The number of carbonyl (C=O) groups is 1. The molecule has 1 amide bonds. The number of rotatable bonds is 3. The molecule has 0 radical (unpaired) electrons. The van der Waals surface area contributed by atoms with Gasteiger partial charge in [-0.3, -0.25) is 9.78 Å². The van der Waals surface area contributed by atoms with E-state index in [9.17, 15) is 4.79 Å². The van der Waals surface area contributed by atoms with Crippen molar-refractivity contribution in [1.82, 2.24) is 9.88 Å². The van der Waals surface area contributed by atoms with Gasteiger partial charge in [0.2, 0.25) is 5.91 Å². The first kappa shape index (κ1) is 15.0. The van der Waals surface area contributed by atoms with E-state index >= 15 is 0 Å². The molecule has 23 heavy (non-hydrogen) atoms. The first-order valence-corrected chi connectivity index (χ1v) is 7.67. The Labute approximate surface area is 135 Å². The molecule has 0 spiro atoms. The molecule has 3 rings (SSSR count). The summed E-state index contributed by atoms with van der Waals surface area (Å²) in [6.07, 6.45) is 8.96. The quantitative estimate of drug-likeness (QED) is 0.817. The summed E-state index contributed by atoms with van der Waals surface area (Å²) >= 11 is 0. The van der Waals surface area contributed by atoms with Crippen molar-refractivity contribution < 1.29 is 4.79 Å². The van der Waals surface area contributed by atoms with E-state index in [1.807, 2.05) is 35.4 Å². The van der Waals surface area contributed by atoms with Crippen molar-refractivity contribution in [2.75, 3.05) is 6.54 Å². The molecule has 0 aliphatic carbocycles. The van der Waals surface area contributed by atoms with E-state index in [1.165, 1.54) is 0 Å². The fourth-order valence-electron chi connectivity index (χ4n) is 2.88. The zero-order chi connectivity index (χ0) is 16.1. The normalized spacial score (nSPS) is 17.3. The molecule has 1 aliphatic heterocycles. The van der Waals surface area contributed by atoms with Crippen LogP contribution in [0.5, 0.6) is 0 Å². The molecule has 1 unspecified atom stereocenters. The van der Waals surface area contributed by atoms with Crippen molar-refractivity contribution >= 4 is 12.0 Å². The molecular weight excluding hydrogens is 286 g/mol. The van der Waals surface area contributed by atoms with Gasteiger partial charge in [0.25, 0.3) is 0 Å². The average Bonchev–Trinajstić information content (AvgIpc) is 3.11. The molecule has 1 fully saturated rings. The number of nitrogens with zero attached hydrogens (tertiary/aromatic N) is 3. The molecule has 0 N–H and O–H groups in total. The van der Waals surface area contributed by atoms with Crippen molar-refractivity contribution in [3.63, 3.8) is 0 Å². The van der Waals surface area contributed by atoms with Gasteiger partial charge in [-0.2, -0.15) is 5.26 Å². The molecule has 1 aliphatic rings. The molecule has 4 nitrogen and oxygen atoms in total. The van der Waals surface area contributed by atoms with Gasteiger partial charge in [-0.05, 0) is 48.2 Å². The Morgan fingerprint density at radius 1 is 1.30 bits per heavy atom. The minimum Gasteiger partial charge on any atom is -0.332 e. The molecule has 0 bridgehead atoms. The minimum absolute atomic E-state index is 0.0145. The van der Waals surface area contributed by atoms with E-state index in [1.54, 1.807) is 30.5 Å². The lowest BCUT2D eigenvalue weighted by Gasteiger charge is -2.23. The standard InChI is InChI=1S/C19H17N3O/c20-13-16-7-5-15(6-8-16)9-10-19(23)22-12-2-4-18(22)17-3-1-11-21-14-17/h1,3,5-11,14,18H,2,4,12H2/b10-9+. The number of hydrogen-bond donors (Lipinski definition) is 0. The summed E-state index contributed by atoms with van der Waals surface area (Å²) in [5.41, 5.74) is 2.62. The van der Waals surface area contributed by atoms with Gasteiger partial charge in [0.1, 0.15) is 0 Å². The summed E-state index contributed by atoms with van der Waals surface area (Å²) in [6.45, 7) is 0.774. The number of aromatic nitrogens is 1. The molecule has 0 saturated carbocycles. The predicted molar refractivity (Wildman–Crippen MR) is 88.1 cm³/mol. The monoisotopic (exact) mass is 303 g/mol. The van der Waals surface area contributed by atoms with Gasteiger partial charge >= 0.3 is 0 Å². The second kappa shape index (κ2) is 6.89. The number of likely N-dealkylation sites (tertiary alicyclic amines) is 1. The maximum Gasteiger partial charge on any atom is 0.247 e. The highest BCUT2D eigenvalue weighted by Gasteiger charge is 2.28. The van der Waals surface area contributed by atoms with Crippen molar-refractivity contribution in [2.24, 2.45) is 0 Å². The van der Waals surface area contributed by atoms with Crippen LogP contribution in [0, 0.1) is 11.3 Å². The van der Waals surface area contributed by atoms with Crippen LogP contribution in [-0.2, 0) is 4.79 Å². The first-order valence-electron chi connectivity index (χ1n) is 7.67. The predicted octanol–water partition coefficient (Wildman–Crippen LogP) is 3.33. The lowest BCUT2D eigenvalue weighted by Crippen LogP contribution is -2.28. The smallest absolute Gasteiger partial charge is 0.247 e. The van der Waals surface area contributed by atoms with Gasteiger partial charge in [-0.1, -0.05) is 18.2 Å². The van der Waals surface area contributed by atoms with Gasteiger partial charge in [0.15, 0.2) is 0 Å². The highest BCUT2D eigenvalue weighted by Crippen LogP contribution is 2.31. The third kappa shape index (κ3) is 3.46. The Morgan fingerprint density at radius 3 is 2.83 bits per heavy atom. The van der Waals surface area contributed by atoms with Crippen LogP contribution in [0.3, 0.4) is 0 Å². The first-order chi connectivity index (χ1) is 11.3. The Hall–Kier alpha value is -2.93. The van der Waals surface area contributed by atoms with Crippen LogP contribution in [0.1, 0.15) is 35.6 Å². The van der Waals surface area contributed by atoms with Crippen LogP contribution in [0.2, 0.25) is 0 Å². The average molecular weight is 303 g/mol. The number of benzene rings is 1. The van der Waals surface area contributed by atoms with Crippen molar-refractivity contribution in [3.05, 3.63) is 71.6 Å². The summed E-state index contributed by atoms with van der Waals surface area (Å²) < 4.78 is 0. The van der Waals surface area contributed by atoms with E-state index < -0.39 is 0 Å². The number of carbonyl (C=O) groups excluding carboxylic acids is 1. The fraction of sp³-hybridized carbons (Fsp3) is 0.211.